The van der Waals surface area contributed by atoms with Crippen LogP contribution < -0.4 is 0 Å². The van der Waals surface area contributed by atoms with Crippen LogP contribution in [0.25, 0.3) is 4.85 Å². The number of rotatable bonds is 2. The highest BCUT2D eigenvalue weighted by Gasteiger charge is 2.31. The van der Waals surface area contributed by atoms with E-state index < -0.39 is 6.04 Å². The van der Waals surface area contributed by atoms with Crippen LogP contribution in [-0.2, 0) is 4.79 Å². The zero-order valence-corrected chi connectivity index (χ0v) is 9.10. The van der Waals surface area contributed by atoms with E-state index in [1.165, 1.54) is 0 Å². The van der Waals surface area contributed by atoms with Gasteiger partial charge in [-0.25, -0.2) is 6.57 Å². The minimum absolute atomic E-state index is 0.0429. The van der Waals surface area contributed by atoms with Gasteiger partial charge in [0.15, 0.2) is 0 Å². The van der Waals surface area contributed by atoms with E-state index in [9.17, 15) is 4.79 Å². The summed E-state index contributed by atoms with van der Waals surface area (Å²) in [6.07, 6.45) is 2.12. The number of nitrogens with zero attached hydrogens (tertiary/aromatic N) is 2. The van der Waals surface area contributed by atoms with Crippen LogP contribution in [0.4, 0.5) is 0 Å². The highest BCUT2D eigenvalue weighted by molar-refractivity contribution is 5.85. The van der Waals surface area contributed by atoms with Crippen molar-refractivity contribution in [2.45, 2.75) is 18.9 Å². The molecule has 0 aliphatic carbocycles. The molecule has 82 valence electrons. The predicted octanol–water partition coefficient (Wildman–Crippen LogP) is 2.27. The summed E-state index contributed by atoms with van der Waals surface area (Å²) < 4.78 is 0. The van der Waals surface area contributed by atoms with Crippen LogP contribution in [0, 0.1) is 6.57 Å². The summed E-state index contributed by atoms with van der Waals surface area (Å²) in [5.41, 5.74) is 0.800. The van der Waals surface area contributed by atoms with Crippen molar-refractivity contribution < 1.29 is 4.79 Å². The molecule has 0 spiro atoms. The number of amides is 1. The minimum Gasteiger partial charge on any atom is -0.336 e. The summed E-state index contributed by atoms with van der Waals surface area (Å²) in [5.74, 6) is -0.0429. The van der Waals surface area contributed by atoms with Gasteiger partial charge in [-0.15, -0.1) is 0 Å². The molecule has 1 aliphatic heterocycles. The fourth-order valence-electron chi connectivity index (χ4n) is 2.02. The lowest BCUT2D eigenvalue weighted by Gasteiger charge is -2.15. The first-order valence-electron chi connectivity index (χ1n) is 5.53. The maximum Gasteiger partial charge on any atom is 0.325 e. The highest BCUT2D eigenvalue weighted by atomic mass is 16.2. The topological polar surface area (TPSA) is 24.7 Å². The first-order chi connectivity index (χ1) is 7.83. The standard InChI is InChI=1S/C13H14N2O/c1-14-12(11-7-3-2-4-8-11)13(16)15-9-5-6-10-15/h2-4,7-8,12H,5-6,9-10H2. The van der Waals surface area contributed by atoms with Gasteiger partial charge in [-0.05, 0) is 12.8 Å². The second-order valence-electron chi connectivity index (χ2n) is 3.97. The largest absolute Gasteiger partial charge is 0.336 e. The van der Waals surface area contributed by atoms with E-state index in [-0.39, 0.29) is 5.91 Å². The number of likely N-dealkylation sites (tertiary alicyclic amines) is 1. The smallest absolute Gasteiger partial charge is 0.325 e. The summed E-state index contributed by atoms with van der Waals surface area (Å²) in [4.78, 5) is 17.4. The summed E-state index contributed by atoms with van der Waals surface area (Å²) in [6.45, 7) is 8.78. The van der Waals surface area contributed by atoms with E-state index in [0.717, 1.165) is 31.5 Å². The predicted molar refractivity (Wildman–Crippen MR) is 61.6 cm³/mol. The molecule has 0 saturated carbocycles. The van der Waals surface area contributed by atoms with E-state index in [0.29, 0.717) is 0 Å². The number of benzene rings is 1. The van der Waals surface area contributed by atoms with Crippen molar-refractivity contribution in [1.29, 1.82) is 0 Å². The molecule has 1 aromatic rings. The molecular formula is C13H14N2O. The number of hydrogen-bond acceptors (Lipinski definition) is 1. The number of carbonyl (C=O) groups excluding carboxylic acids is 1. The molecule has 1 aliphatic rings. The molecular weight excluding hydrogens is 200 g/mol. The van der Waals surface area contributed by atoms with Crippen molar-refractivity contribution in [3.63, 3.8) is 0 Å². The fourth-order valence-corrected chi connectivity index (χ4v) is 2.02. The van der Waals surface area contributed by atoms with Gasteiger partial charge in [0.25, 0.3) is 0 Å². The number of carbonyl (C=O) groups is 1. The van der Waals surface area contributed by atoms with Crippen LogP contribution in [0.5, 0.6) is 0 Å². The fraction of sp³-hybridized carbons (Fsp3) is 0.385. The Balaban J connectivity index is 2.17. The van der Waals surface area contributed by atoms with Crippen molar-refractivity contribution in [2.24, 2.45) is 0 Å². The average Bonchev–Trinajstić information content (AvgIpc) is 2.85. The van der Waals surface area contributed by atoms with Crippen LogP contribution in [0.2, 0.25) is 0 Å². The normalized spacial score (nSPS) is 16.8. The Labute approximate surface area is 95.5 Å². The van der Waals surface area contributed by atoms with E-state index in [1.54, 1.807) is 4.90 Å². The van der Waals surface area contributed by atoms with Gasteiger partial charge in [0, 0.05) is 18.7 Å². The Hall–Kier alpha value is -1.82. The first-order valence-corrected chi connectivity index (χ1v) is 5.53. The highest BCUT2D eigenvalue weighted by Crippen LogP contribution is 2.22. The van der Waals surface area contributed by atoms with Crippen molar-refractivity contribution in [3.8, 4) is 0 Å². The Kier molecular flexibility index (Phi) is 3.21. The van der Waals surface area contributed by atoms with Crippen molar-refractivity contribution in [1.82, 2.24) is 4.90 Å². The Morgan fingerprint density at radius 1 is 1.25 bits per heavy atom. The quantitative estimate of drug-likeness (QED) is 0.693. The van der Waals surface area contributed by atoms with Crippen molar-refractivity contribution in [2.75, 3.05) is 13.1 Å². The maximum absolute atomic E-state index is 12.1. The van der Waals surface area contributed by atoms with Gasteiger partial charge in [0.1, 0.15) is 0 Å². The third-order valence-electron chi connectivity index (χ3n) is 2.90. The zero-order chi connectivity index (χ0) is 11.4. The molecule has 0 bridgehead atoms. The van der Waals surface area contributed by atoms with Crippen molar-refractivity contribution in [3.05, 3.63) is 47.3 Å². The summed E-state index contributed by atoms with van der Waals surface area (Å²) in [5, 5.41) is 0. The molecule has 3 heteroatoms. The molecule has 3 nitrogen and oxygen atoms in total. The Bertz CT molecular complexity index is 402. The van der Waals surface area contributed by atoms with Gasteiger partial charge in [0.05, 0.1) is 0 Å². The monoisotopic (exact) mass is 214 g/mol. The van der Waals surface area contributed by atoms with Gasteiger partial charge in [-0.2, -0.15) is 0 Å². The van der Waals surface area contributed by atoms with Gasteiger partial charge in [-0.1, -0.05) is 30.3 Å². The van der Waals surface area contributed by atoms with Gasteiger partial charge in [-0.3, -0.25) is 9.64 Å². The zero-order valence-electron chi connectivity index (χ0n) is 9.10. The molecule has 16 heavy (non-hydrogen) atoms. The molecule has 1 unspecified atom stereocenters. The van der Waals surface area contributed by atoms with Crippen LogP contribution >= 0.6 is 0 Å². The number of hydrogen-bond donors (Lipinski definition) is 0. The summed E-state index contributed by atoms with van der Waals surface area (Å²) >= 11 is 0. The molecule has 0 aromatic heterocycles. The van der Waals surface area contributed by atoms with Gasteiger partial charge in [0.2, 0.25) is 0 Å². The van der Waals surface area contributed by atoms with Crippen LogP contribution in [0.3, 0.4) is 0 Å². The molecule has 1 heterocycles. The minimum atomic E-state index is -0.653. The van der Waals surface area contributed by atoms with Gasteiger partial charge >= 0.3 is 11.9 Å². The van der Waals surface area contributed by atoms with Gasteiger partial charge < -0.3 is 4.90 Å². The average molecular weight is 214 g/mol. The lowest BCUT2D eigenvalue weighted by Crippen LogP contribution is -2.31. The second-order valence-corrected chi connectivity index (χ2v) is 3.97. The summed E-state index contributed by atoms with van der Waals surface area (Å²) in [6, 6.07) is 8.66. The molecule has 1 saturated heterocycles. The lowest BCUT2D eigenvalue weighted by atomic mass is 10.1. The van der Waals surface area contributed by atoms with Crippen LogP contribution in [-0.4, -0.2) is 23.9 Å². The van der Waals surface area contributed by atoms with E-state index >= 15 is 0 Å². The van der Waals surface area contributed by atoms with E-state index in [2.05, 4.69) is 4.85 Å². The van der Waals surface area contributed by atoms with E-state index in [1.807, 2.05) is 30.3 Å². The molecule has 0 radical (unpaired) electrons. The second kappa shape index (κ2) is 4.80. The van der Waals surface area contributed by atoms with Crippen molar-refractivity contribution >= 4 is 5.91 Å². The maximum atomic E-state index is 12.1. The molecule has 1 fully saturated rings. The Morgan fingerprint density at radius 2 is 1.88 bits per heavy atom. The lowest BCUT2D eigenvalue weighted by molar-refractivity contribution is -0.130. The van der Waals surface area contributed by atoms with Crippen LogP contribution in [0.1, 0.15) is 24.4 Å². The molecule has 1 atom stereocenters. The third kappa shape index (κ3) is 2.06. The SMILES string of the molecule is [C-]#[N+]C(C(=O)N1CCCC1)c1ccccc1. The molecule has 1 amide bonds. The summed E-state index contributed by atoms with van der Waals surface area (Å²) in [7, 11) is 0. The third-order valence-corrected chi connectivity index (χ3v) is 2.90. The molecule has 1 aromatic carbocycles. The molecule has 2 rings (SSSR count). The molecule has 0 N–H and O–H groups in total. The van der Waals surface area contributed by atoms with E-state index in [4.69, 9.17) is 6.57 Å². The Morgan fingerprint density at radius 3 is 2.44 bits per heavy atom. The first kappa shape index (κ1) is 10.7. The van der Waals surface area contributed by atoms with Crippen LogP contribution in [0.15, 0.2) is 30.3 Å².